The Morgan fingerprint density at radius 3 is 2.00 bits per heavy atom. The molecule has 6 aromatic rings. The lowest BCUT2D eigenvalue weighted by atomic mass is 9.76. The van der Waals surface area contributed by atoms with Crippen molar-refractivity contribution in [3.8, 4) is 28.0 Å². The molecule has 0 bridgehead atoms. The molecule has 8 rings (SSSR count). The lowest BCUT2D eigenvalue weighted by Gasteiger charge is -2.38. The Morgan fingerprint density at radius 2 is 1.28 bits per heavy atom. The van der Waals surface area contributed by atoms with Gasteiger partial charge < -0.3 is 4.74 Å². The van der Waals surface area contributed by atoms with Crippen molar-refractivity contribution in [1.29, 1.82) is 0 Å². The van der Waals surface area contributed by atoms with Gasteiger partial charge in [-0.25, -0.2) is 4.85 Å². The number of fused-ring (bicyclic) bond motifs is 8. The molecule has 2 heteroatoms. The summed E-state index contributed by atoms with van der Waals surface area (Å²) in [6.07, 6.45) is 4.52. The molecular formula is C41H29NO. The molecule has 6 aromatic carbocycles. The largest absolute Gasteiger partial charge is 0.472 e. The third-order valence-electron chi connectivity index (χ3n) is 9.28. The van der Waals surface area contributed by atoms with Crippen molar-refractivity contribution < 1.29 is 4.74 Å². The summed E-state index contributed by atoms with van der Waals surface area (Å²) in [5, 5.41) is 2.27. The van der Waals surface area contributed by atoms with Gasteiger partial charge in [0.05, 0.1) is 6.57 Å². The van der Waals surface area contributed by atoms with E-state index in [1.54, 1.807) is 0 Å². The first-order chi connectivity index (χ1) is 21.0. The third-order valence-corrected chi connectivity index (χ3v) is 9.28. The van der Waals surface area contributed by atoms with Crippen molar-refractivity contribution in [2.24, 2.45) is 0 Å². The molecule has 0 saturated carbocycles. The molecule has 0 saturated heterocycles. The second-order valence-corrected chi connectivity index (χ2v) is 12.0. The molecule has 0 spiro atoms. The van der Waals surface area contributed by atoms with Gasteiger partial charge in [-0.1, -0.05) is 147 Å². The fraction of sp³-hybridized carbons (Fsp3) is 0.0976. The van der Waals surface area contributed by atoms with Crippen LogP contribution in [0.1, 0.15) is 41.7 Å². The Morgan fingerprint density at radius 1 is 0.651 bits per heavy atom. The highest BCUT2D eigenvalue weighted by molar-refractivity contribution is 6.08. The minimum absolute atomic E-state index is 0.294. The van der Waals surface area contributed by atoms with E-state index in [0.29, 0.717) is 5.69 Å². The average molecular weight is 552 g/mol. The molecule has 0 N–H and O–H groups in total. The molecule has 1 unspecified atom stereocenters. The van der Waals surface area contributed by atoms with Gasteiger partial charge in [-0.05, 0) is 44.8 Å². The van der Waals surface area contributed by atoms with Crippen LogP contribution in [-0.4, -0.2) is 0 Å². The van der Waals surface area contributed by atoms with Gasteiger partial charge in [-0.3, -0.25) is 0 Å². The van der Waals surface area contributed by atoms with Crippen LogP contribution < -0.4 is 4.74 Å². The highest BCUT2D eigenvalue weighted by Crippen LogP contribution is 2.58. The monoisotopic (exact) mass is 551 g/mol. The molecule has 43 heavy (non-hydrogen) atoms. The molecule has 0 amide bonds. The van der Waals surface area contributed by atoms with Crippen LogP contribution in [0.2, 0.25) is 0 Å². The first-order valence-electron chi connectivity index (χ1n) is 14.7. The lowest BCUT2D eigenvalue weighted by molar-refractivity contribution is 0.163. The molecule has 1 atom stereocenters. The number of rotatable bonds is 3. The van der Waals surface area contributed by atoms with E-state index in [0.717, 1.165) is 27.8 Å². The summed E-state index contributed by atoms with van der Waals surface area (Å²) in [6, 6.07) is 44.5. The second-order valence-electron chi connectivity index (χ2n) is 12.0. The molecule has 1 aliphatic heterocycles. The highest BCUT2D eigenvalue weighted by atomic mass is 16.5. The van der Waals surface area contributed by atoms with Crippen LogP contribution in [0.3, 0.4) is 0 Å². The van der Waals surface area contributed by atoms with Crippen molar-refractivity contribution in [1.82, 2.24) is 0 Å². The number of benzene rings is 6. The quantitative estimate of drug-likeness (QED) is 0.200. The van der Waals surface area contributed by atoms with Gasteiger partial charge in [0.15, 0.2) is 11.3 Å². The van der Waals surface area contributed by atoms with Gasteiger partial charge in [0.2, 0.25) is 0 Å². The molecular weight excluding hydrogens is 522 g/mol. The van der Waals surface area contributed by atoms with E-state index in [2.05, 4.69) is 146 Å². The van der Waals surface area contributed by atoms with E-state index in [9.17, 15) is 0 Å². The highest BCUT2D eigenvalue weighted by Gasteiger charge is 2.44. The zero-order chi connectivity index (χ0) is 29.2. The summed E-state index contributed by atoms with van der Waals surface area (Å²) in [6.45, 7) is 12.2. The Hall–Kier alpha value is -5.39. The van der Waals surface area contributed by atoms with Crippen molar-refractivity contribution in [3.05, 3.63) is 173 Å². The second kappa shape index (κ2) is 9.31. The standard InChI is InChI=1S/C41H29NO/c1-40(2)36-26-31(42-3)22-23-34(36)37-32-16-10-11-17-33(32)39-35(38(37)40)24-25-41(43-39,29-14-8-5-9-15-29)30-20-18-28(19-21-30)27-12-6-4-7-13-27/h4-26H,1-2H3. The molecule has 2 aliphatic rings. The van der Waals surface area contributed by atoms with E-state index >= 15 is 0 Å². The fourth-order valence-corrected chi connectivity index (χ4v) is 7.20. The van der Waals surface area contributed by atoms with Gasteiger partial charge in [0.25, 0.3) is 0 Å². The van der Waals surface area contributed by atoms with Gasteiger partial charge in [0.1, 0.15) is 5.75 Å². The third kappa shape index (κ3) is 3.65. The van der Waals surface area contributed by atoms with E-state index in [4.69, 9.17) is 11.3 Å². The molecule has 0 radical (unpaired) electrons. The minimum atomic E-state index is -0.798. The molecule has 2 nitrogen and oxygen atoms in total. The summed E-state index contributed by atoms with van der Waals surface area (Å²) in [4.78, 5) is 3.75. The van der Waals surface area contributed by atoms with Gasteiger partial charge >= 0.3 is 0 Å². The normalized spacial score (nSPS) is 17.4. The maximum absolute atomic E-state index is 7.64. The van der Waals surface area contributed by atoms with Crippen LogP contribution in [0, 0.1) is 6.57 Å². The van der Waals surface area contributed by atoms with E-state index in [-0.39, 0.29) is 5.41 Å². The SMILES string of the molecule is [C-]#[N+]c1ccc2c(c1)C(C)(C)c1c3c(c4ccccc4c1-2)OC(c1ccccc1)(c1ccc(-c2ccccc2)cc1)C=C3. The van der Waals surface area contributed by atoms with Crippen LogP contribution in [0.15, 0.2) is 133 Å². The zero-order valence-electron chi connectivity index (χ0n) is 24.1. The maximum Gasteiger partial charge on any atom is 0.187 e. The lowest BCUT2D eigenvalue weighted by Crippen LogP contribution is -2.35. The summed E-state index contributed by atoms with van der Waals surface area (Å²) in [5.41, 5.74) is 10.1. The summed E-state index contributed by atoms with van der Waals surface area (Å²) in [7, 11) is 0. The van der Waals surface area contributed by atoms with Crippen LogP contribution in [0.5, 0.6) is 5.75 Å². The fourth-order valence-electron chi connectivity index (χ4n) is 7.20. The zero-order valence-corrected chi connectivity index (χ0v) is 24.1. The van der Waals surface area contributed by atoms with Crippen molar-refractivity contribution in [2.45, 2.75) is 24.9 Å². The number of hydrogen-bond acceptors (Lipinski definition) is 1. The van der Waals surface area contributed by atoms with Crippen molar-refractivity contribution in [3.63, 3.8) is 0 Å². The Bertz CT molecular complexity index is 2120. The molecule has 0 aromatic heterocycles. The van der Waals surface area contributed by atoms with Gasteiger partial charge in [-0.15, -0.1) is 0 Å². The first kappa shape index (κ1) is 25.3. The predicted octanol–water partition coefficient (Wildman–Crippen LogP) is 10.7. The minimum Gasteiger partial charge on any atom is -0.472 e. The summed E-state index contributed by atoms with van der Waals surface area (Å²) < 4.78 is 7.38. The topological polar surface area (TPSA) is 13.6 Å². The molecule has 204 valence electrons. The van der Waals surface area contributed by atoms with E-state index in [1.165, 1.54) is 38.8 Å². The summed E-state index contributed by atoms with van der Waals surface area (Å²) in [5.74, 6) is 0.902. The van der Waals surface area contributed by atoms with Crippen molar-refractivity contribution in [2.75, 3.05) is 0 Å². The molecule has 1 heterocycles. The van der Waals surface area contributed by atoms with Crippen molar-refractivity contribution >= 4 is 22.5 Å². The smallest absolute Gasteiger partial charge is 0.187 e. The number of ether oxygens (including phenoxy) is 1. The average Bonchev–Trinajstić information content (AvgIpc) is 3.31. The first-order valence-corrected chi connectivity index (χ1v) is 14.7. The van der Waals surface area contributed by atoms with Crippen LogP contribution in [0.25, 0.3) is 43.9 Å². The van der Waals surface area contributed by atoms with Gasteiger partial charge in [0, 0.05) is 27.5 Å². The molecule has 0 fully saturated rings. The summed E-state index contributed by atoms with van der Waals surface area (Å²) >= 11 is 0. The molecule has 1 aliphatic carbocycles. The van der Waals surface area contributed by atoms with Gasteiger partial charge in [-0.2, -0.15) is 0 Å². The Labute approximate surface area is 252 Å². The van der Waals surface area contributed by atoms with E-state index in [1.807, 2.05) is 12.1 Å². The van der Waals surface area contributed by atoms with Crippen LogP contribution in [0.4, 0.5) is 5.69 Å². The number of hydrogen-bond donors (Lipinski definition) is 0. The predicted molar refractivity (Wildman–Crippen MR) is 177 cm³/mol. The number of nitrogens with zero attached hydrogens (tertiary/aromatic N) is 1. The maximum atomic E-state index is 7.64. The Balaban J connectivity index is 1.37. The van der Waals surface area contributed by atoms with Crippen LogP contribution in [-0.2, 0) is 11.0 Å². The van der Waals surface area contributed by atoms with E-state index < -0.39 is 5.60 Å². The van der Waals surface area contributed by atoms with Crippen LogP contribution >= 0.6 is 0 Å². The Kier molecular flexibility index (Phi) is 5.49.